The molecule has 1 aliphatic rings. The Morgan fingerprint density at radius 1 is 1.50 bits per heavy atom. The molecule has 0 aliphatic carbocycles. The van der Waals surface area contributed by atoms with Crippen molar-refractivity contribution in [2.45, 2.75) is 51.7 Å². The van der Waals surface area contributed by atoms with Gasteiger partial charge in [0.2, 0.25) is 0 Å². The van der Waals surface area contributed by atoms with Crippen LogP contribution in [0, 0.1) is 6.92 Å². The van der Waals surface area contributed by atoms with Crippen LogP contribution in [-0.2, 0) is 11.2 Å². The van der Waals surface area contributed by atoms with Crippen molar-refractivity contribution in [3.63, 3.8) is 0 Å². The van der Waals surface area contributed by atoms with Crippen molar-refractivity contribution in [2.75, 3.05) is 13.2 Å². The molecule has 100 valence electrons. The van der Waals surface area contributed by atoms with Gasteiger partial charge >= 0.3 is 0 Å². The summed E-state index contributed by atoms with van der Waals surface area (Å²) >= 11 is 0. The zero-order chi connectivity index (χ0) is 12.8. The van der Waals surface area contributed by atoms with Gasteiger partial charge in [-0.3, -0.25) is 4.98 Å². The lowest BCUT2D eigenvalue weighted by atomic mass is 9.96. The number of ether oxygens (including phenoxy) is 1. The molecular formula is C15H24N2O. The van der Waals surface area contributed by atoms with E-state index in [4.69, 9.17) is 4.74 Å². The van der Waals surface area contributed by atoms with Crippen LogP contribution in [0.4, 0.5) is 0 Å². The summed E-state index contributed by atoms with van der Waals surface area (Å²) in [6, 6.07) is 4.52. The Labute approximate surface area is 110 Å². The minimum Gasteiger partial charge on any atom is -0.377 e. The minimum atomic E-state index is 0.347. The van der Waals surface area contributed by atoms with E-state index in [0.29, 0.717) is 12.1 Å². The third-order valence-corrected chi connectivity index (χ3v) is 3.66. The smallest absolute Gasteiger partial charge is 0.0731 e. The van der Waals surface area contributed by atoms with Crippen LogP contribution >= 0.6 is 0 Å². The Hall–Kier alpha value is -0.930. The van der Waals surface area contributed by atoms with E-state index in [1.54, 1.807) is 0 Å². The fourth-order valence-electron chi connectivity index (χ4n) is 2.62. The van der Waals surface area contributed by atoms with E-state index in [9.17, 15) is 0 Å². The van der Waals surface area contributed by atoms with E-state index in [2.05, 4.69) is 30.2 Å². The predicted molar refractivity (Wildman–Crippen MR) is 73.7 cm³/mol. The van der Waals surface area contributed by atoms with E-state index >= 15 is 0 Å². The molecular weight excluding hydrogens is 224 g/mol. The average molecular weight is 248 g/mol. The van der Waals surface area contributed by atoms with Crippen LogP contribution in [0.5, 0.6) is 0 Å². The van der Waals surface area contributed by atoms with Crippen molar-refractivity contribution in [3.05, 3.63) is 29.6 Å². The Balaban J connectivity index is 2.03. The van der Waals surface area contributed by atoms with E-state index in [1.807, 2.05) is 12.3 Å². The van der Waals surface area contributed by atoms with E-state index in [-0.39, 0.29) is 0 Å². The molecule has 0 bridgehead atoms. The minimum absolute atomic E-state index is 0.347. The zero-order valence-electron chi connectivity index (χ0n) is 11.5. The van der Waals surface area contributed by atoms with Crippen LogP contribution in [0.1, 0.15) is 37.4 Å². The molecule has 0 radical (unpaired) electrons. The summed E-state index contributed by atoms with van der Waals surface area (Å²) < 4.78 is 5.91. The molecule has 0 spiro atoms. The molecule has 0 amide bonds. The maximum atomic E-state index is 5.91. The number of nitrogens with one attached hydrogen (secondary N) is 1. The van der Waals surface area contributed by atoms with Crippen molar-refractivity contribution in [3.8, 4) is 0 Å². The van der Waals surface area contributed by atoms with Gasteiger partial charge in [-0.2, -0.15) is 0 Å². The summed E-state index contributed by atoms with van der Waals surface area (Å²) in [6.07, 6.45) is 6.85. The molecule has 2 atom stereocenters. The monoisotopic (exact) mass is 248 g/mol. The van der Waals surface area contributed by atoms with Gasteiger partial charge in [0.05, 0.1) is 6.10 Å². The first kappa shape index (κ1) is 13.5. The van der Waals surface area contributed by atoms with Gasteiger partial charge in [-0.25, -0.2) is 0 Å². The first-order chi connectivity index (χ1) is 8.81. The van der Waals surface area contributed by atoms with E-state index < -0.39 is 0 Å². The summed E-state index contributed by atoms with van der Waals surface area (Å²) in [5.74, 6) is 0. The van der Waals surface area contributed by atoms with Gasteiger partial charge in [0.15, 0.2) is 0 Å². The molecule has 1 fully saturated rings. The number of likely N-dealkylation sites (N-methyl/N-ethyl adjacent to an activating group) is 1. The molecule has 1 N–H and O–H groups in total. The largest absolute Gasteiger partial charge is 0.377 e. The molecule has 1 aromatic heterocycles. The van der Waals surface area contributed by atoms with Crippen LogP contribution in [0.2, 0.25) is 0 Å². The molecule has 1 saturated heterocycles. The van der Waals surface area contributed by atoms with Gasteiger partial charge in [-0.15, -0.1) is 0 Å². The highest BCUT2D eigenvalue weighted by atomic mass is 16.5. The maximum Gasteiger partial charge on any atom is 0.0731 e. The van der Waals surface area contributed by atoms with Gasteiger partial charge in [-0.05, 0) is 44.4 Å². The summed E-state index contributed by atoms with van der Waals surface area (Å²) in [5, 5.41) is 3.56. The molecule has 2 heterocycles. The number of aryl methyl sites for hydroxylation is 1. The van der Waals surface area contributed by atoms with Gasteiger partial charge in [0.25, 0.3) is 0 Å². The molecule has 18 heavy (non-hydrogen) atoms. The fourth-order valence-corrected chi connectivity index (χ4v) is 2.62. The highest BCUT2D eigenvalue weighted by molar-refractivity contribution is 5.19. The lowest BCUT2D eigenvalue weighted by Gasteiger charge is -2.31. The molecule has 3 nitrogen and oxygen atoms in total. The van der Waals surface area contributed by atoms with Crippen molar-refractivity contribution in [1.82, 2.24) is 10.3 Å². The predicted octanol–water partition coefficient (Wildman–Crippen LogP) is 2.48. The second kappa shape index (κ2) is 6.86. The molecule has 1 aliphatic heterocycles. The summed E-state index contributed by atoms with van der Waals surface area (Å²) in [6.45, 7) is 6.18. The normalized spacial score (nSPS) is 21.8. The second-order valence-electron chi connectivity index (χ2n) is 5.04. The van der Waals surface area contributed by atoms with Crippen LogP contribution in [0.3, 0.4) is 0 Å². The number of nitrogens with zero attached hydrogens (tertiary/aromatic N) is 1. The number of rotatable bonds is 5. The summed E-state index contributed by atoms with van der Waals surface area (Å²) in [4.78, 5) is 4.50. The van der Waals surface area contributed by atoms with Crippen LogP contribution < -0.4 is 5.32 Å². The van der Waals surface area contributed by atoms with Gasteiger partial charge < -0.3 is 10.1 Å². The van der Waals surface area contributed by atoms with Gasteiger partial charge in [-0.1, -0.05) is 13.0 Å². The van der Waals surface area contributed by atoms with E-state index in [0.717, 1.165) is 19.6 Å². The lowest BCUT2D eigenvalue weighted by Crippen LogP contribution is -2.44. The van der Waals surface area contributed by atoms with Gasteiger partial charge in [0, 0.05) is 31.0 Å². The van der Waals surface area contributed by atoms with Crippen LogP contribution in [-0.4, -0.2) is 30.3 Å². The van der Waals surface area contributed by atoms with Crippen molar-refractivity contribution in [2.24, 2.45) is 0 Å². The molecule has 0 saturated carbocycles. The number of pyridine rings is 1. The first-order valence-corrected chi connectivity index (χ1v) is 7.06. The number of hydrogen-bond acceptors (Lipinski definition) is 3. The Bertz CT molecular complexity index is 361. The third kappa shape index (κ3) is 3.53. The molecule has 2 rings (SSSR count). The van der Waals surface area contributed by atoms with Gasteiger partial charge in [0.1, 0.15) is 0 Å². The second-order valence-corrected chi connectivity index (χ2v) is 5.04. The van der Waals surface area contributed by atoms with Crippen molar-refractivity contribution in [1.29, 1.82) is 0 Å². The maximum absolute atomic E-state index is 5.91. The van der Waals surface area contributed by atoms with Crippen LogP contribution in [0.15, 0.2) is 18.3 Å². The molecule has 0 aromatic carbocycles. The average Bonchev–Trinajstić information content (AvgIpc) is 2.42. The Morgan fingerprint density at radius 2 is 2.39 bits per heavy atom. The lowest BCUT2D eigenvalue weighted by molar-refractivity contribution is -0.00730. The first-order valence-electron chi connectivity index (χ1n) is 7.06. The molecule has 1 aromatic rings. The fraction of sp³-hybridized carbons (Fsp3) is 0.667. The highest BCUT2D eigenvalue weighted by Gasteiger charge is 2.24. The van der Waals surface area contributed by atoms with Crippen LogP contribution in [0.25, 0.3) is 0 Å². The Kier molecular flexibility index (Phi) is 5.14. The highest BCUT2D eigenvalue weighted by Crippen LogP contribution is 2.19. The molecule has 3 heteroatoms. The summed E-state index contributed by atoms with van der Waals surface area (Å²) in [7, 11) is 0. The topological polar surface area (TPSA) is 34.2 Å². The third-order valence-electron chi connectivity index (χ3n) is 3.66. The molecule has 2 unspecified atom stereocenters. The summed E-state index contributed by atoms with van der Waals surface area (Å²) in [5.41, 5.74) is 2.47. The zero-order valence-corrected chi connectivity index (χ0v) is 11.5. The van der Waals surface area contributed by atoms with E-state index in [1.165, 1.54) is 30.5 Å². The standard InChI is InChI=1S/C15H24N2O/c1-3-16-14(15-8-4-5-10-18-15)11-13-12(2)7-6-9-17-13/h6-7,9,14-16H,3-5,8,10-11H2,1-2H3. The quantitative estimate of drug-likeness (QED) is 0.869. The SMILES string of the molecule is CCNC(Cc1ncccc1C)C1CCCCO1. The Morgan fingerprint density at radius 3 is 3.06 bits per heavy atom. The number of hydrogen-bond donors (Lipinski definition) is 1. The van der Waals surface area contributed by atoms with Crippen molar-refractivity contribution < 1.29 is 4.74 Å². The number of aromatic nitrogens is 1. The van der Waals surface area contributed by atoms with Crippen molar-refractivity contribution >= 4 is 0 Å².